The third-order valence-corrected chi connectivity index (χ3v) is 2.77. The van der Waals surface area contributed by atoms with Gasteiger partial charge in [0, 0.05) is 5.56 Å². The molecule has 5 heteroatoms. The zero-order valence-corrected chi connectivity index (χ0v) is 11.6. The standard InChI is InChI=1S/C15H16N2O3/c1-10-4-9-14(20-10)11(2)16-17-15(18)12-5-7-13(19-3)8-6-12/h4-9H,1-3H3,(H,17,18). The number of hydrazone groups is 1. The molecule has 0 bridgehead atoms. The number of aryl methyl sites for hydroxylation is 1. The Morgan fingerprint density at radius 1 is 1.20 bits per heavy atom. The highest BCUT2D eigenvalue weighted by molar-refractivity contribution is 5.99. The highest BCUT2D eigenvalue weighted by Crippen LogP contribution is 2.11. The summed E-state index contributed by atoms with van der Waals surface area (Å²) in [5.74, 6) is 1.86. The predicted octanol–water partition coefficient (Wildman–Crippen LogP) is 2.75. The van der Waals surface area contributed by atoms with Crippen LogP contribution in [0.4, 0.5) is 0 Å². The van der Waals surface area contributed by atoms with Gasteiger partial charge in [0.15, 0.2) is 0 Å². The lowest BCUT2D eigenvalue weighted by Crippen LogP contribution is -2.19. The number of ether oxygens (including phenoxy) is 1. The van der Waals surface area contributed by atoms with Crippen LogP contribution in [0.1, 0.15) is 28.8 Å². The average molecular weight is 272 g/mol. The molecular formula is C15H16N2O3. The van der Waals surface area contributed by atoms with Gasteiger partial charge in [-0.15, -0.1) is 0 Å². The zero-order valence-electron chi connectivity index (χ0n) is 11.6. The number of methoxy groups -OCH3 is 1. The van der Waals surface area contributed by atoms with E-state index in [2.05, 4.69) is 10.5 Å². The second-order valence-corrected chi connectivity index (χ2v) is 4.28. The molecule has 0 saturated carbocycles. The topological polar surface area (TPSA) is 63.8 Å². The minimum Gasteiger partial charge on any atom is -0.497 e. The fourth-order valence-corrected chi connectivity index (χ4v) is 1.63. The molecule has 0 aliphatic carbocycles. The quantitative estimate of drug-likeness (QED) is 0.687. The minimum absolute atomic E-state index is 0.282. The van der Waals surface area contributed by atoms with Crippen LogP contribution in [0.2, 0.25) is 0 Å². The van der Waals surface area contributed by atoms with Gasteiger partial charge in [-0.25, -0.2) is 5.43 Å². The number of hydrogen-bond donors (Lipinski definition) is 1. The van der Waals surface area contributed by atoms with Crippen LogP contribution in [-0.2, 0) is 0 Å². The number of benzene rings is 1. The second kappa shape index (κ2) is 6.06. The van der Waals surface area contributed by atoms with Crippen LogP contribution in [0.15, 0.2) is 45.9 Å². The van der Waals surface area contributed by atoms with Gasteiger partial charge in [0.05, 0.1) is 7.11 Å². The van der Waals surface area contributed by atoms with Crippen molar-refractivity contribution in [2.75, 3.05) is 7.11 Å². The van der Waals surface area contributed by atoms with Crippen LogP contribution < -0.4 is 10.2 Å². The Morgan fingerprint density at radius 3 is 2.45 bits per heavy atom. The molecule has 2 aromatic rings. The molecule has 1 amide bonds. The molecule has 0 aliphatic heterocycles. The van der Waals surface area contributed by atoms with E-state index < -0.39 is 0 Å². The molecule has 0 spiro atoms. The van der Waals surface area contributed by atoms with E-state index in [1.165, 1.54) is 0 Å². The van der Waals surface area contributed by atoms with Crippen LogP contribution in [0.25, 0.3) is 0 Å². The summed E-state index contributed by atoms with van der Waals surface area (Å²) in [6.07, 6.45) is 0. The van der Waals surface area contributed by atoms with Gasteiger partial charge in [0.1, 0.15) is 23.0 Å². The molecular weight excluding hydrogens is 256 g/mol. The number of furan rings is 1. The van der Waals surface area contributed by atoms with Gasteiger partial charge >= 0.3 is 0 Å². The van der Waals surface area contributed by atoms with Gasteiger partial charge in [-0.05, 0) is 50.2 Å². The first-order valence-corrected chi connectivity index (χ1v) is 6.15. The molecule has 5 nitrogen and oxygen atoms in total. The van der Waals surface area contributed by atoms with E-state index in [0.29, 0.717) is 22.8 Å². The van der Waals surface area contributed by atoms with Gasteiger partial charge in [0.2, 0.25) is 0 Å². The third kappa shape index (κ3) is 3.26. The lowest BCUT2D eigenvalue weighted by atomic mass is 10.2. The maximum Gasteiger partial charge on any atom is 0.271 e. The Hall–Kier alpha value is -2.56. The van der Waals surface area contributed by atoms with Crippen molar-refractivity contribution in [1.29, 1.82) is 0 Å². The molecule has 1 aromatic heterocycles. The highest BCUT2D eigenvalue weighted by Gasteiger charge is 2.06. The Morgan fingerprint density at radius 2 is 1.90 bits per heavy atom. The van der Waals surface area contributed by atoms with Crippen molar-refractivity contribution in [3.63, 3.8) is 0 Å². The first-order valence-electron chi connectivity index (χ1n) is 6.15. The summed E-state index contributed by atoms with van der Waals surface area (Å²) in [6, 6.07) is 10.5. The maximum absolute atomic E-state index is 11.9. The van der Waals surface area contributed by atoms with Crippen molar-refractivity contribution >= 4 is 11.6 Å². The van der Waals surface area contributed by atoms with Crippen molar-refractivity contribution in [2.24, 2.45) is 5.10 Å². The van der Waals surface area contributed by atoms with E-state index in [-0.39, 0.29) is 5.91 Å². The summed E-state index contributed by atoms with van der Waals surface area (Å²) < 4.78 is 10.5. The van der Waals surface area contributed by atoms with Crippen LogP contribution in [0.5, 0.6) is 5.75 Å². The molecule has 0 atom stereocenters. The van der Waals surface area contributed by atoms with E-state index in [1.54, 1.807) is 38.3 Å². The van der Waals surface area contributed by atoms with E-state index >= 15 is 0 Å². The summed E-state index contributed by atoms with van der Waals surface area (Å²) >= 11 is 0. The molecule has 0 aliphatic rings. The third-order valence-electron chi connectivity index (χ3n) is 2.77. The van der Waals surface area contributed by atoms with Crippen molar-refractivity contribution in [2.45, 2.75) is 13.8 Å². The van der Waals surface area contributed by atoms with Gasteiger partial charge in [-0.3, -0.25) is 4.79 Å². The summed E-state index contributed by atoms with van der Waals surface area (Å²) in [6.45, 7) is 3.62. The number of amides is 1. The van der Waals surface area contributed by atoms with Crippen LogP contribution >= 0.6 is 0 Å². The Kier molecular flexibility index (Phi) is 4.20. The molecule has 2 rings (SSSR count). The normalized spacial score (nSPS) is 11.2. The molecule has 0 fully saturated rings. The van der Waals surface area contributed by atoms with Crippen molar-refractivity contribution in [1.82, 2.24) is 5.43 Å². The van der Waals surface area contributed by atoms with E-state index in [9.17, 15) is 4.79 Å². The maximum atomic E-state index is 11.9. The van der Waals surface area contributed by atoms with Crippen LogP contribution in [0.3, 0.4) is 0 Å². The molecule has 1 N–H and O–H groups in total. The first-order chi connectivity index (χ1) is 9.60. The lowest BCUT2D eigenvalue weighted by Gasteiger charge is -2.03. The smallest absolute Gasteiger partial charge is 0.271 e. The van der Waals surface area contributed by atoms with E-state index in [0.717, 1.165) is 5.76 Å². The molecule has 1 heterocycles. The SMILES string of the molecule is COc1ccc(C(=O)NN=C(C)c2ccc(C)o2)cc1. The van der Waals surface area contributed by atoms with E-state index in [4.69, 9.17) is 9.15 Å². The number of nitrogens with zero attached hydrogens (tertiary/aromatic N) is 1. The number of rotatable bonds is 4. The zero-order chi connectivity index (χ0) is 14.5. The Balaban J connectivity index is 2.03. The largest absolute Gasteiger partial charge is 0.497 e. The first kappa shape index (κ1) is 13.9. The van der Waals surface area contributed by atoms with Crippen LogP contribution in [-0.4, -0.2) is 18.7 Å². The van der Waals surface area contributed by atoms with Gasteiger partial charge in [-0.1, -0.05) is 0 Å². The molecule has 20 heavy (non-hydrogen) atoms. The van der Waals surface area contributed by atoms with Crippen LogP contribution in [0, 0.1) is 6.92 Å². The fourth-order valence-electron chi connectivity index (χ4n) is 1.63. The average Bonchev–Trinajstić information content (AvgIpc) is 2.91. The molecule has 0 unspecified atom stereocenters. The number of carbonyl (C=O) groups is 1. The van der Waals surface area contributed by atoms with Gasteiger partial charge in [-0.2, -0.15) is 5.10 Å². The Labute approximate surface area is 117 Å². The van der Waals surface area contributed by atoms with Gasteiger partial charge < -0.3 is 9.15 Å². The summed E-state index contributed by atoms with van der Waals surface area (Å²) in [4.78, 5) is 11.9. The molecule has 1 aromatic carbocycles. The molecule has 104 valence electrons. The van der Waals surface area contributed by atoms with Crippen molar-refractivity contribution in [3.05, 3.63) is 53.5 Å². The highest BCUT2D eigenvalue weighted by atomic mass is 16.5. The Bertz CT molecular complexity index is 627. The monoisotopic (exact) mass is 272 g/mol. The second-order valence-electron chi connectivity index (χ2n) is 4.28. The number of carbonyl (C=O) groups excluding carboxylic acids is 1. The number of nitrogens with one attached hydrogen (secondary N) is 1. The minimum atomic E-state index is -0.282. The van der Waals surface area contributed by atoms with Crippen molar-refractivity contribution in [3.8, 4) is 5.75 Å². The number of hydrogen-bond acceptors (Lipinski definition) is 4. The van der Waals surface area contributed by atoms with Crippen molar-refractivity contribution < 1.29 is 13.9 Å². The lowest BCUT2D eigenvalue weighted by molar-refractivity contribution is 0.0955. The summed E-state index contributed by atoms with van der Waals surface area (Å²) in [5.41, 5.74) is 3.62. The van der Waals surface area contributed by atoms with Gasteiger partial charge in [0.25, 0.3) is 5.91 Å². The van der Waals surface area contributed by atoms with E-state index in [1.807, 2.05) is 19.1 Å². The fraction of sp³-hybridized carbons (Fsp3) is 0.200. The molecule has 0 saturated heterocycles. The molecule has 0 radical (unpaired) electrons. The predicted molar refractivity (Wildman–Crippen MR) is 76.1 cm³/mol. The summed E-state index contributed by atoms with van der Waals surface area (Å²) in [5, 5.41) is 4.02. The summed E-state index contributed by atoms with van der Waals surface area (Å²) in [7, 11) is 1.58.